The Morgan fingerprint density at radius 1 is 1.06 bits per heavy atom. The minimum absolute atomic E-state index is 0.0752. The number of nitrogens with zero attached hydrogens (tertiary/aromatic N) is 1. The van der Waals surface area contributed by atoms with Crippen LogP contribution in [0.5, 0.6) is 0 Å². The van der Waals surface area contributed by atoms with Crippen molar-refractivity contribution in [1.29, 1.82) is 0 Å². The van der Waals surface area contributed by atoms with Crippen LogP contribution in [-0.2, 0) is 30.8 Å². The SMILES string of the molecule is NC(=O)[C@@H](CCS(=O)(=O)c1ccccc1)NC(=O)[C@H]1CCCN1C(=O)OCc1ccccc1. The maximum absolute atomic E-state index is 12.8. The number of ether oxygens (including phenoxy) is 1. The number of carbonyl (C=O) groups is 3. The van der Waals surface area contributed by atoms with Gasteiger partial charge in [-0.25, -0.2) is 13.2 Å². The average molecular weight is 474 g/mol. The van der Waals surface area contributed by atoms with E-state index in [1.807, 2.05) is 30.3 Å². The summed E-state index contributed by atoms with van der Waals surface area (Å²) in [6.45, 7) is 0.418. The summed E-state index contributed by atoms with van der Waals surface area (Å²) in [5, 5.41) is 2.51. The Morgan fingerprint density at radius 2 is 1.70 bits per heavy atom. The van der Waals surface area contributed by atoms with Crippen molar-refractivity contribution in [2.24, 2.45) is 5.73 Å². The fourth-order valence-electron chi connectivity index (χ4n) is 3.63. The molecule has 0 spiro atoms. The van der Waals surface area contributed by atoms with Crippen LogP contribution in [0.15, 0.2) is 65.6 Å². The lowest BCUT2D eigenvalue weighted by molar-refractivity contribution is -0.130. The first-order valence-electron chi connectivity index (χ1n) is 10.6. The summed E-state index contributed by atoms with van der Waals surface area (Å²) in [5.41, 5.74) is 6.22. The quantitative estimate of drug-likeness (QED) is 0.568. The van der Waals surface area contributed by atoms with Gasteiger partial charge in [0.05, 0.1) is 10.6 Å². The van der Waals surface area contributed by atoms with E-state index in [1.54, 1.807) is 18.2 Å². The summed E-state index contributed by atoms with van der Waals surface area (Å²) in [4.78, 5) is 38.7. The standard InChI is InChI=1S/C23H27N3O6S/c24-21(27)19(13-15-33(30,31)18-10-5-2-6-11-18)25-22(28)20-12-7-14-26(20)23(29)32-16-17-8-3-1-4-9-17/h1-6,8-11,19-20H,7,12-16H2,(H2,24,27)(H,25,28)/t19-,20-/m1/s1. The van der Waals surface area contributed by atoms with Gasteiger partial charge in [-0.2, -0.15) is 0 Å². The van der Waals surface area contributed by atoms with Crippen LogP contribution in [0.3, 0.4) is 0 Å². The first-order valence-corrected chi connectivity index (χ1v) is 12.3. The Kier molecular flexibility index (Phi) is 8.05. The van der Waals surface area contributed by atoms with E-state index in [-0.39, 0.29) is 23.7 Å². The number of rotatable bonds is 9. The lowest BCUT2D eigenvalue weighted by Gasteiger charge is -2.25. The predicted octanol–water partition coefficient (Wildman–Crippen LogP) is 1.62. The second-order valence-corrected chi connectivity index (χ2v) is 9.88. The Morgan fingerprint density at radius 3 is 2.33 bits per heavy atom. The topological polar surface area (TPSA) is 136 Å². The zero-order valence-corrected chi connectivity index (χ0v) is 18.9. The molecule has 10 heteroatoms. The van der Waals surface area contributed by atoms with Gasteiger partial charge < -0.3 is 15.8 Å². The van der Waals surface area contributed by atoms with Crippen molar-refractivity contribution < 1.29 is 27.5 Å². The number of nitrogens with two attached hydrogens (primary N) is 1. The van der Waals surface area contributed by atoms with Gasteiger partial charge >= 0.3 is 6.09 Å². The van der Waals surface area contributed by atoms with E-state index >= 15 is 0 Å². The van der Waals surface area contributed by atoms with Crippen LogP contribution in [-0.4, -0.2) is 55.6 Å². The molecule has 0 bridgehead atoms. The monoisotopic (exact) mass is 473 g/mol. The number of carbonyl (C=O) groups excluding carboxylic acids is 3. The number of hydrogen-bond acceptors (Lipinski definition) is 6. The molecule has 2 aromatic rings. The largest absolute Gasteiger partial charge is 0.445 e. The van der Waals surface area contributed by atoms with Crippen molar-refractivity contribution in [1.82, 2.24) is 10.2 Å². The Hall–Kier alpha value is -3.40. The highest BCUT2D eigenvalue weighted by molar-refractivity contribution is 7.91. The Labute approximate surface area is 192 Å². The average Bonchev–Trinajstić information content (AvgIpc) is 3.31. The van der Waals surface area contributed by atoms with Crippen molar-refractivity contribution in [3.8, 4) is 0 Å². The molecule has 0 aromatic heterocycles. The normalized spacial score (nSPS) is 16.7. The maximum Gasteiger partial charge on any atom is 0.410 e. The Balaban J connectivity index is 1.58. The van der Waals surface area contributed by atoms with Crippen LogP contribution < -0.4 is 11.1 Å². The lowest BCUT2D eigenvalue weighted by atomic mass is 10.1. The summed E-state index contributed by atoms with van der Waals surface area (Å²) in [5.74, 6) is -1.77. The molecule has 9 nitrogen and oxygen atoms in total. The molecule has 2 aromatic carbocycles. The summed E-state index contributed by atoms with van der Waals surface area (Å²) in [7, 11) is -3.65. The maximum atomic E-state index is 12.8. The molecule has 0 saturated carbocycles. The van der Waals surface area contributed by atoms with Crippen LogP contribution in [0.2, 0.25) is 0 Å². The first-order chi connectivity index (χ1) is 15.8. The molecule has 1 saturated heterocycles. The van der Waals surface area contributed by atoms with Gasteiger partial charge in [-0.15, -0.1) is 0 Å². The second kappa shape index (κ2) is 11.0. The van der Waals surface area contributed by atoms with Crippen LogP contribution >= 0.6 is 0 Å². The van der Waals surface area contributed by atoms with Crippen LogP contribution in [0, 0.1) is 0 Å². The fraction of sp³-hybridized carbons (Fsp3) is 0.348. The predicted molar refractivity (Wildman–Crippen MR) is 121 cm³/mol. The number of hydrogen-bond donors (Lipinski definition) is 2. The van der Waals surface area contributed by atoms with E-state index in [0.717, 1.165) is 5.56 Å². The summed E-state index contributed by atoms with van der Waals surface area (Å²) < 4.78 is 30.3. The molecule has 1 aliphatic rings. The van der Waals surface area contributed by atoms with Crippen molar-refractivity contribution in [2.45, 2.75) is 42.8 Å². The third kappa shape index (κ3) is 6.55. The van der Waals surface area contributed by atoms with Crippen molar-refractivity contribution in [2.75, 3.05) is 12.3 Å². The highest BCUT2D eigenvalue weighted by Crippen LogP contribution is 2.20. The van der Waals surface area contributed by atoms with Gasteiger partial charge in [0.25, 0.3) is 0 Å². The van der Waals surface area contributed by atoms with E-state index in [0.29, 0.717) is 19.4 Å². The third-order valence-electron chi connectivity index (χ3n) is 5.43. The van der Waals surface area contributed by atoms with Crippen molar-refractivity contribution in [3.05, 3.63) is 66.2 Å². The zero-order chi connectivity index (χ0) is 23.8. The van der Waals surface area contributed by atoms with E-state index in [2.05, 4.69) is 5.32 Å². The van der Waals surface area contributed by atoms with Crippen LogP contribution in [0.25, 0.3) is 0 Å². The minimum Gasteiger partial charge on any atom is -0.445 e. The molecule has 1 heterocycles. The van der Waals surface area contributed by atoms with Gasteiger partial charge in [0, 0.05) is 6.54 Å². The van der Waals surface area contributed by atoms with E-state index < -0.39 is 39.8 Å². The molecule has 0 aliphatic carbocycles. The molecular weight excluding hydrogens is 446 g/mol. The lowest BCUT2D eigenvalue weighted by Crippen LogP contribution is -2.52. The van der Waals surface area contributed by atoms with E-state index in [9.17, 15) is 22.8 Å². The van der Waals surface area contributed by atoms with E-state index in [1.165, 1.54) is 17.0 Å². The summed E-state index contributed by atoms with van der Waals surface area (Å²) in [6.07, 6.45) is 0.199. The van der Waals surface area contributed by atoms with Crippen molar-refractivity contribution in [3.63, 3.8) is 0 Å². The molecule has 0 radical (unpaired) electrons. The van der Waals surface area contributed by atoms with Gasteiger partial charge in [-0.1, -0.05) is 48.5 Å². The third-order valence-corrected chi connectivity index (χ3v) is 7.20. The molecule has 176 valence electrons. The van der Waals surface area contributed by atoms with Gasteiger partial charge in [-0.3, -0.25) is 14.5 Å². The highest BCUT2D eigenvalue weighted by Gasteiger charge is 2.36. The molecule has 0 unspecified atom stereocenters. The van der Waals surface area contributed by atoms with Gasteiger partial charge in [0.1, 0.15) is 18.7 Å². The van der Waals surface area contributed by atoms with Gasteiger partial charge in [-0.05, 0) is 37.0 Å². The number of likely N-dealkylation sites (tertiary alicyclic amines) is 1. The van der Waals surface area contributed by atoms with Gasteiger partial charge in [0.15, 0.2) is 9.84 Å². The number of amides is 3. The fourth-order valence-corrected chi connectivity index (χ4v) is 4.99. The molecular formula is C23H27N3O6S. The first kappa shape index (κ1) is 24.2. The molecule has 1 fully saturated rings. The number of primary amides is 1. The number of benzene rings is 2. The molecule has 1 aliphatic heterocycles. The van der Waals surface area contributed by atoms with Gasteiger partial charge in [0.2, 0.25) is 11.8 Å². The van der Waals surface area contributed by atoms with E-state index in [4.69, 9.17) is 10.5 Å². The Bertz CT molecular complexity index is 1080. The molecule has 3 amide bonds. The summed E-state index contributed by atoms with van der Waals surface area (Å²) >= 11 is 0. The van der Waals surface area contributed by atoms with Crippen molar-refractivity contribution >= 4 is 27.7 Å². The number of sulfone groups is 1. The smallest absolute Gasteiger partial charge is 0.410 e. The second-order valence-electron chi connectivity index (χ2n) is 7.78. The number of nitrogens with one attached hydrogen (secondary N) is 1. The molecule has 3 rings (SSSR count). The van der Waals surface area contributed by atoms with Crippen LogP contribution in [0.4, 0.5) is 4.79 Å². The minimum atomic E-state index is -3.65. The molecule has 3 N–H and O–H groups in total. The molecule has 33 heavy (non-hydrogen) atoms. The summed E-state index contributed by atoms with van der Waals surface area (Å²) in [6, 6.07) is 15.0. The highest BCUT2D eigenvalue weighted by atomic mass is 32.2. The van der Waals surface area contributed by atoms with Crippen LogP contribution in [0.1, 0.15) is 24.8 Å². The molecule has 2 atom stereocenters. The zero-order valence-electron chi connectivity index (χ0n) is 18.1.